The van der Waals surface area contributed by atoms with Gasteiger partial charge >= 0.3 is 0 Å². The van der Waals surface area contributed by atoms with E-state index in [1.165, 1.54) is 28.2 Å². The molecular formula is C52H24Br4N4O8. The largest absolute Gasteiger partial charge is 0.277 e. The van der Waals surface area contributed by atoms with Crippen molar-refractivity contribution in [3.8, 4) is 0 Å². The molecule has 4 aliphatic rings. The summed E-state index contributed by atoms with van der Waals surface area (Å²) in [6, 6.07) is 21.6. The van der Waals surface area contributed by atoms with Gasteiger partial charge in [-0.15, -0.1) is 0 Å². The van der Waals surface area contributed by atoms with Crippen molar-refractivity contribution < 1.29 is 38.4 Å². The number of nitrogens with zero attached hydrogens (tertiary/aromatic N) is 4. The molecule has 14 rings (SSSR count). The van der Waals surface area contributed by atoms with Gasteiger partial charge in [-0.2, -0.15) is 0 Å². The Labute approximate surface area is 415 Å². The van der Waals surface area contributed by atoms with Crippen LogP contribution in [0.2, 0.25) is 0 Å². The highest BCUT2D eigenvalue weighted by molar-refractivity contribution is 9.11. The van der Waals surface area contributed by atoms with E-state index in [1.54, 1.807) is 48.5 Å². The summed E-state index contributed by atoms with van der Waals surface area (Å²) in [6.07, 6.45) is 0. The Balaban J connectivity index is 0.000000134. The molecule has 4 aliphatic heterocycles. The number of fused-ring (bicyclic) bond motifs is 4. The molecule has 0 saturated heterocycles. The molecule has 0 N–H and O–H groups in total. The van der Waals surface area contributed by atoms with Gasteiger partial charge in [0, 0.05) is 155 Å². The highest BCUT2D eigenvalue weighted by atomic mass is 79.9. The number of rotatable bonds is 0. The fourth-order valence-corrected chi connectivity index (χ4v) is 13.8. The Morgan fingerprint density at radius 3 is 0.618 bits per heavy atom. The summed E-state index contributed by atoms with van der Waals surface area (Å²) in [5.74, 6) is -2.77. The molecule has 0 aromatic heterocycles. The van der Waals surface area contributed by atoms with Crippen LogP contribution in [0, 0.1) is 0 Å². The van der Waals surface area contributed by atoms with Crippen molar-refractivity contribution in [3.63, 3.8) is 0 Å². The lowest BCUT2D eigenvalue weighted by molar-refractivity contribution is 0.0635. The van der Waals surface area contributed by atoms with E-state index in [0.29, 0.717) is 83.9 Å². The van der Waals surface area contributed by atoms with Gasteiger partial charge in [0.1, 0.15) is 0 Å². The molecule has 68 heavy (non-hydrogen) atoms. The summed E-state index contributed by atoms with van der Waals surface area (Å²) in [7, 11) is 5.95. The SMILES string of the molecule is CN1C(=O)c2ccc3c4c(Br)cc5c6c(ccc(c7c(Br)cc(c2c37)C1=O)c64)C(=O)N(C)C5=O.CN1C(=O)c2ccc3c4c(Br)cc5c6c(ccc(c7c(Br)cc(c2c37)C1=O)c64)C(=O)N(C)C5=O. The summed E-state index contributed by atoms with van der Waals surface area (Å²) < 4.78 is 2.82. The molecule has 328 valence electrons. The summed E-state index contributed by atoms with van der Waals surface area (Å²) in [6.45, 7) is 0. The molecule has 0 saturated carbocycles. The van der Waals surface area contributed by atoms with E-state index in [9.17, 15) is 38.4 Å². The fourth-order valence-electron chi connectivity index (χ4n) is 11.2. The molecule has 0 radical (unpaired) electrons. The monoisotopic (exact) mass is 1150 g/mol. The van der Waals surface area contributed by atoms with Gasteiger partial charge in [-0.25, -0.2) is 0 Å². The van der Waals surface area contributed by atoms with Crippen molar-refractivity contribution in [2.24, 2.45) is 0 Å². The number of carbonyl (C=O) groups is 8. The first-order valence-corrected chi connectivity index (χ1v) is 24.1. The maximum absolute atomic E-state index is 13.0. The number of amides is 8. The van der Waals surface area contributed by atoms with E-state index in [0.717, 1.165) is 84.2 Å². The molecule has 0 unspecified atom stereocenters. The van der Waals surface area contributed by atoms with Crippen molar-refractivity contribution in [3.05, 3.63) is 135 Å². The van der Waals surface area contributed by atoms with Crippen molar-refractivity contribution in [1.82, 2.24) is 19.6 Å². The summed E-state index contributed by atoms with van der Waals surface area (Å²) in [5, 5.41) is 12.4. The topological polar surface area (TPSA) is 150 Å². The summed E-state index contributed by atoms with van der Waals surface area (Å²) >= 11 is 14.7. The first-order chi connectivity index (χ1) is 32.4. The zero-order chi connectivity index (χ0) is 47.6. The van der Waals surface area contributed by atoms with Crippen LogP contribution in [0.15, 0.2) is 90.7 Å². The van der Waals surface area contributed by atoms with Gasteiger partial charge in [-0.1, -0.05) is 88.0 Å². The Bertz CT molecular complexity index is 3780. The van der Waals surface area contributed by atoms with Crippen molar-refractivity contribution in [2.75, 3.05) is 28.2 Å². The number of carbonyl (C=O) groups excluding carboxylic acids is 8. The number of halogens is 4. The van der Waals surface area contributed by atoms with Crippen LogP contribution in [0.1, 0.15) is 82.9 Å². The van der Waals surface area contributed by atoms with E-state index in [2.05, 4.69) is 63.7 Å². The molecule has 10 aromatic carbocycles. The van der Waals surface area contributed by atoms with Crippen LogP contribution >= 0.6 is 63.7 Å². The smallest absolute Gasteiger partial charge is 0.261 e. The quantitative estimate of drug-likeness (QED) is 0.0827. The van der Waals surface area contributed by atoms with Gasteiger partial charge in [0.05, 0.1) is 0 Å². The van der Waals surface area contributed by atoms with E-state index in [4.69, 9.17) is 0 Å². The minimum Gasteiger partial charge on any atom is -0.277 e. The Morgan fingerprint density at radius 2 is 0.426 bits per heavy atom. The van der Waals surface area contributed by atoms with Crippen LogP contribution in [0.25, 0.3) is 86.2 Å². The molecule has 12 nitrogen and oxygen atoms in total. The molecule has 0 fully saturated rings. The van der Waals surface area contributed by atoms with Crippen molar-refractivity contribution in [2.45, 2.75) is 0 Å². The maximum atomic E-state index is 13.0. The second kappa shape index (κ2) is 13.5. The first-order valence-electron chi connectivity index (χ1n) is 20.9. The van der Waals surface area contributed by atoms with Crippen molar-refractivity contribution in [1.29, 1.82) is 0 Å². The van der Waals surface area contributed by atoms with E-state index >= 15 is 0 Å². The lowest BCUT2D eigenvalue weighted by atomic mass is 9.82. The molecule has 0 spiro atoms. The lowest BCUT2D eigenvalue weighted by Gasteiger charge is -2.28. The second-order valence-corrected chi connectivity index (χ2v) is 20.9. The van der Waals surface area contributed by atoms with Crippen LogP contribution in [0.3, 0.4) is 0 Å². The van der Waals surface area contributed by atoms with Gasteiger partial charge in [0.15, 0.2) is 0 Å². The molecule has 0 bridgehead atoms. The lowest BCUT2D eigenvalue weighted by Crippen LogP contribution is -2.37. The minimum atomic E-state index is -0.351. The predicted molar refractivity (Wildman–Crippen MR) is 272 cm³/mol. The van der Waals surface area contributed by atoms with Gasteiger partial charge in [-0.3, -0.25) is 58.0 Å². The molecule has 8 amide bonds. The van der Waals surface area contributed by atoms with Crippen molar-refractivity contribution >= 4 is 197 Å². The van der Waals surface area contributed by atoms with Crippen LogP contribution in [-0.4, -0.2) is 95.0 Å². The minimum absolute atomic E-state index is 0.341. The number of imide groups is 4. The zero-order valence-electron chi connectivity index (χ0n) is 35.5. The van der Waals surface area contributed by atoms with Gasteiger partial charge in [0.2, 0.25) is 0 Å². The van der Waals surface area contributed by atoms with Gasteiger partial charge in [-0.05, 0) is 70.1 Å². The zero-order valence-corrected chi connectivity index (χ0v) is 41.8. The van der Waals surface area contributed by atoms with E-state index < -0.39 is 0 Å². The fraction of sp³-hybridized carbons (Fsp3) is 0.0769. The predicted octanol–water partition coefficient (Wildman–Crippen LogP) is 11.4. The van der Waals surface area contributed by atoms with Crippen LogP contribution < -0.4 is 0 Å². The van der Waals surface area contributed by atoms with Crippen LogP contribution in [0.5, 0.6) is 0 Å². The number of hydrogen-bond donors (Lipinski definition) is 0. The molecular weight excluding hydrogens is 1130 g/mol. The van der Waals surface area contributed by atoms with E-state index in [1.807, 2.05) is 24.3 Å². The maximum Gasteiger partial charge on any atom is 0.261 e. The van der Waals surface area contributed by atoms with Gasteiger partial charge < -0.3 is 0 Å². The van der Waals surface area contributed by atoms with Gasteiger partial charge in [0.25, 0.3) is 47.3 Å². The highest BCUT2D eigenvalue weighted by Gasteiger charge is 2.38. The third kappa shape index (κ3) is 4.78. The first kappa shape index (κ1) is 41.5. The van der Waals surface area contributed by atoms with Crippen LogP contribution in [-0.2, 0) is 0 Å². The van der Waals surface area contributed by atoms with E-state index in [-0.39, 0.29) is 47.3 Å². The molecule has 10 aromatic rings. The Kier molecular flexibility index (Phi) is 8.23. The molecule has 0 atom stereocenters. The number of hydrogen-bond acceptors (Lipinski definition) is 8. The third-order valence-corrected chi connectivity index (χ3v) is 16.8. The summed E-state index contributed by atoms with van der Waals surface area (Å²) in [5.41, 5.74) is 3.74. The average molecular weight is 1150 g/mol. The molecule has 4 heterocycles. The number of benzene rings is 10. The molecule has 16 heteroatoms. The third-order valence-electron chi connectivity index (χ3n) is 14.3. The summed E-state index contributed by atoms with van der Waals surface area (Å²) in [4.78, 5) is 109. The second-order valence-electron chi connectivity index (χ2n) is 17.4. The standard InChI is InChI=1S/2C26H12Br2N2O4/c2*1-29-23(31)11-5-3-9-20-16(28)8-14-18-12(24(32)30(2)26(14)34)6-4-10(22(18)20)19-15(27)7-13(25(29)33)17(11)21(9)19/h2*3-8H,1-2H3. The highest BCUT2D eigenvalue weighted by Crippen LogP contribution is 2.52. The van der Waals surface area contributed by atoms with Crippen LogP contribution in [0.4, 0.5) is 0 Å². The normalized spacial score (nSPS) is 15.8. The average Bonchev–Trinajstić information content (AvgIpc) is 3.33. The Morgan fingerprint density at radius 1 is 0.250 bits per heavy atom. The molecule has 0 aliphatic carbocycles. The Hall–Kier alpha value is -6.72.